The van der Waals surface area contributed by atoms with E-state index in [9.17, 15) is 9.59 Å². The number of hydrogen-bond acceptors (Lipinski definition) is 8. The summed E-state index contributed by atoms with van der Waals surface area (Å²) < 4.78 is 36.0. The molecule has 0 aromatic heterocycles. The summed E-state index contributed by atoms with van der Waals surface area (Å²) >= 11 is 0. The van der Waals surface area contributed by atoms with Crippen molar-refractivity contribution in [2.45, 2.75) is 104 Å². The predicted molar refractivity (Wildman–Crippen MR) is 131 cm³/mol. The van der Waals surface area contributed by atoms with Gasteiger partial charge in [-0.1, -0.05) is 65.5 Å². The summed E-state index contributed by atoms with van der Waals surface area (Å²) in [5, 5.41) is 0. The molecular formula is C28H44O8. The fraction of sp³-hybridized carbons (Fsp3) is 0.857. The molecule has 1 saturated carbocycles. The molecule has 5 aliphatic rings. The van der Waals surface area contributed by atoms with E-state index >= 15 is 0 Å². The van der Waals surface area contributed by atoms with Crippen LogP contribution in [0.3, 0.4) is 0 Å². The van der Waals surface area contributed by atoms with E-state index in [1.165, 1.54) is 0 Å². The van der Waals surface area contributed by atoms with Crippen LogP contribution >= 0.6 is 0 Å². The van der Waals surface area contributed by atoms with Crippen molar-refractivity contribution in [3.8, 4) is 0 Å². The van der Waals surface area contributed by atoms with Crippen molar-refractivity contribution in [1.82, 2.24) is 0 Å². The Balaban J connectivity index is 1.59. The zero-order valence-electron chi connectivity index (χ0n) is 22.3. The van der Waals surface area contributed by atoms with E-state index < -0.39 is 24.4 Å². The minimum absolute atomic E-state index is 0.177. The molecule has 6 atom stereocenters. The first kappa shape index (κ1) is 27.6. The predicted octanol–water partition coefficient (Wildman–Crippen LogP) is 4.95. The van der Waals surface area contributed by atoms with Crippen LogP contribution in [0.5, 0.6) is 0 Å². The van der Waals surface area contributed by atoms with Gasteiger partial charge in [-0.15, -0.1) is 0 Å². The van der Waals surface area contributed by atoms with Gasteiger partial charge in [-0.2, -0.15) is 0 Å². The molecule has 2 bridgehead atoms. The van der Waals surface area contributed by atoms with Crippen LogP contribution in [0.25, 0.3) is 0 Å². The van der Waals surface area contributed by atoms with Crippen molar-refractivity contribution in [2.75, 3.05) is 13.2 Å². The quantitative estimate of drug-likeness (QED) is 0.185. The maximum atomic E-state index is 13.4. The molecule has 8 heteroatoms. The third-order valence-electron chi connectivity index (χ3n) is 7.95. The maximum Gasteiger partial charge on any atom is 0.310 e. The second-order valence-electron chi connectivity index (χ2n) is 10.5. The fourth-order valence-corrected chi connectivity index (χ4v) is 6.11. The number of hydrogen-bond donors (Lipinski definition) is 0. The molecule has 2 heterocycles. The maximum absolute atomic E-state index is 13.4. The van der Waals surface area contributed by atoms with Crippen LogP contribution in [0, 0.1) is 35.5 Å². The van der Waals surface area contributed by atoms with Gasteiger partial charge in [0.2, 0.25) is 0 Å². The van der Waals surface area contributed by atoms with E-state index in [0.29, 0.717) is 13.2 Å². The van der Waals surface area contributed by atoms with Crippen molar-refractivity contribution in [2.24, 2.45) is 35.5 Å². The first-order chi connectivity index (χ1) is 17.5. The molecule has 36 heavy (non-hydrogen) atoms. The molecule has 2 aliphatic heterocycles. The van der Waals surface area contributed by atoms with Crippen LogP contribution in [0.4, 0.5) is 0 Å². The van der Waals surface area contributed by atoms with Crippen LogP contribution < -0.4 is 0 Å². The second-order valence-corrected chi connectivity index (χ2v) is 10.5. The molecule has 5 rings (SSSR count). The minimum atomic E-state index is -0.642. The van der Waals surface area contributed by atoms with Gasteiger partial charge in [-0.3, -0.25) is 9.59 Å². The fourth-order valence-electron chi connectivity index (χ4n) is 6.11. The van der Waals surface area contributed by atoms with Gasteiger partial charge in [0.15, 0.2) is 25.2 Å². The Labute approximate surface area is 215 Å². The lowest BCUT2D eigenvalue weighted by molar-refractivity contribution is -0.447. The van der Waals surface area contributed by atoms with Crippen molar-refractivity contribution in [1.29, 1.82) is 0 Å². The second kappa shape index (κ2) is 12.9. The number of allylic oxidation sites excluding steroid dienone is 2. The molecule has 3 fully saturated rings. The zero-order valence-corrected chi connectivity index (χ0v) is 22.3. The first-order valence-electron chi connectivity index (χ1n) is 14.2. The molecule has 0 spiro atoms. The Kier molecular flexibility index (Phi) is 9.84. The third-order valence-corrected chi connectivity index (χ3v) is 7.95. The van der Waals surface area contributed by atoms with Crippen molar-refractivity contribution < 1.29 is 38.0 Å². The van der Waals surface area contributed by atoms with Crippen molar-refractivity contribution in [3.63, 3.8) is 0 Å². The SMILES string of the molecule is CCCCOC(=O)C1C2C=CC(C1C(=O)OCCCC)C(C1OC(CCC)O1)C2C1OC(CCC)O1. The van der Waals surface area contributed by atoms with E-state index in [2.05, 4.69) is 39.8 Å². The largest absolute Gasteiger partial charge is 0.465 e. The molecule has 204 valence electrons. The lowest BCUT2D eigenvalue weighted by Gasteiger charge is -2.58. The Morgan fingerprint density at radius 2 is 1.03 bits per heavy atom. The van der Waals surface area contributed by atoms with Gasteiger partial charge < -0.3 is 28.4 Å². The van der Waals surface area contributed by atoms with E-state index in [-0.39, 0.29) is 48.2 Å². The molecular weight excluding hydrogens is 464 g/mol. The average molecular weight is 509 g/mol. The number of carbonyl (C=O) groups is 2. The first-order valence-corrected chi connectivity index (χ1v) is 14.2. The highest BCUT2D eigenvalue weighted by atomic mass is 16.9. The summed E-state index contributed by atoms with van der Waals surface area (Å²) in [5.41, 5.74) is 0. The van der Waals surface area contributed by atoms with Crippen LogP contribution in [-0.4, -0.2) is 50.3 Å². The number of esters is 2. The Morgan fingerprint density at radius 1 is 0.639 bits per heavy atom. The normalized spacial score (nSPS) is 38.8. The molecule has 0 N–H and O–H groups in total. The highest BCUT2D eigenvalue weighted by molar-refractivity contribution is 5.84. The lowest BCUT2D eigenvalue weighted by Crippen LogP contribution is -2.65. The van der Waals surface area contributed by atoms with Gasteiger partial charge in [0, 0.05) is 11.8 Å². The van der Waals surface area contributed by atoms with Crippen LogP contribution in [-0.2, 0) is 38.0 Å². The van der Waals surface area contributed by atoms with Gasteiger partial charge in [0.05, 0.1) is 25.0 Å². The molecule has 6 unspecified atom stereocenters. The van der Waals surface area contributed by atoms with Crippen molar-refractivity contribution >= 4 is 11.9 Å². The third kappa shape index (κ3) is 5.66. The smallest absolute Gasteiger partial charge is 0.310 e. The van der Waals surface area contributed by atoms with Crippen LogP contribution in [0.1, 0.15) is 79.1 Å². The van der Waals surface area contributed by atoms with E-state index in [4.69, 9.17) is 28.4 Å². The number of ether oxygens (including phenoxy) is 6. The Bertz CT molecular complexity index is 695. The summed E-state index contributed by atoms with van der Waals surface area (Å²) in [5.74, 6) is -2.90. The van der Waals surface area contributed by atoms with Gasteiger partial charge >= 0.3 is 11.9 Å². The topological polar surface area (TPSA) is 89.5 Å². The molecule has 2 saturated heterocycles. The Morgan fingerprint density at radius 3 is 1.36 bits per heavy atom. The average Bonchev–Trinajstić information content (AvgIpc) is 2.83. The molecule has 0 radical (unpaired) electrons. The molecule has 8 nitrogen and oxygen atoms in total. The summed E-state index contributed by atoms with van der Waals surface area (Å²) in [4.78, 5) is 26.9. The van der Waals surface area contributed by atoms with Crippen LogP contribution in [0.15, 0.2) is 12.2 Å². The van der Waals surface area contributed by atoms with Crippen LogP contribution in [0.2, 0.25) is 0 Å². The van der Waals surface area contributed by atoms with Gasteiger partial charge in [0.25, 0.3) is 0 Å². The number of rotatable bonds is 14. The van der Waals surface area contributed by atoms with Crippen molar-refractivity contribution in [3.05, 3.63) is 12.2 Å². The molecule has 0 amide bonds. The van der Waals surface area contributed by atoms with E-state index in [1.807, 2.05) is 0 Å². The minimum Gasteiger partial charge on any atom is -0.465 e. The standard InChI is InChI=1S/C28H44O8/c1-5-9-15-31-25(29)21-17-13-14-18(22(21)26(30)32-16-10-6-2)24(28-35-20(36-28)12-8-4)23(17)27-33-19(34-27)11-7-3/h13-14,17-24,27-28H,5-12,15-16H2,1-4H3. The lowest BCUT2D eigenvalue weighted by atomic mass is 9.52. The molecule has 0 aromatic carbocycles. The van der Waals surface area contributed by atoms with E-state index in [1.54, 1.807) is 0 Å². The zero-order chi connectivity index (χ0) is 25.7. The van der Waals surface area contributed by atoms with E-state index in [0.717, 1.165) is 51.4 Å². The summed E-state index contributed by atoms with van der Waals surface area (Å²) in [7, 11) is 0. The number of fused-ring (bicyclic) bond motifs is 2. The van der Waals surface area contributed by atoms with Gasteiger partial charge in [0.1, 0.15) is 0 Å². The highest BCUT2D eigenvalue weighted by Gasteiger charge is 2.64. The number of unbranched alkanes of at least 4 members (excludes halogenated alkanes) is 2. The highest BCUT2D eigenvalue weighted by Crippen LogP contribution is 2.58. The Hall–Kier alpha value is -1.48. The summed E-state index contributed by atoms with van der Waals surface area (Å²) in [6.45, 7) is 8.98. The molecule has 3 aliphatic carbocycles. The van der Waals surface area contributed by atoms with Gasteiger partial charge in [-0.25, -0.2) is 0 Å². The van der Waals surface area contributed by atoms with Gasteiger partial charge in [-0.05, 0) is 37.5 Å². The molecule has 0 aromatic rings. The summed E-state index contributed by atoms with van der Waals surface area (Å²) in [6.07, 6.45) is 9.70. The summed E-state index contributed by atoms with van der Waals surface area (Å²) in [6, 6.07) is 0. The monoisotopic (exact) mass is 508 g/mol. The number of carbonyl (C=O) groups excluding carboxylic acids is 2.